The van der Waals surface area contributed by atoms with E-state index < -0.39 is 0 Å². The number of ether oxygens (including phenoxy) is 1. The van der Waals surface area contributed by atoms with Gasteiger partial charge in [-0.05, 0) is 55.5 Å². The third-order valence-corrected chi connectivity index (χ3v) is 4.79. The summed E-state index contributed by atoms with van der Waals surface area (Å²) < 4.78 is 12.2. The van der Waals surface area contributed by atoms with E-state index >= 15 is 0 Å². The third-order valence-electron chi connectivity index (χ3n) is 4.30. The number of rotatable bonds is 6. The molecule has 0 spiro atoms. The van der Waals surface area contributed by atoms with Crippen LogP contribution in [0, 0.1) is 0 Å². The molecule has 0 saturated carbocycles. The molecule has 0 fully saturated rings. The van der Waals surface area contributed by atoms with Crippen molar-refractivity contribution in [2.75, 3.05) is 11.9 Å². The van der Waals surface area contributed by atoms with Crippen LogP contribution in [-0.2, 0) is 0 Å². The van der Waals surface area contributed by atoms with Crippen LogP contribution >= 0.6 is 15.9 Å². The van der Waals surface area contributed by atoms with E-state index in [2.05, 4.69) is 31.4 Å². The largest absolute Gasteiger partial charge is 0.493 e. The van der Waals surface area contributed by atoms with Gasteiger partial charge < -0.3 is 14.5 Å². The molecule has 1 amide bonds. The molecule has 0 atom stereocenters. The summed E-state index contributed by atoms with van der Waals surface area (Å²) >= 11 is 3.40. The Morgan fingerprint density at radius 1 is 0.967 bits per heavy atom. The maximum absolute atomic E-state index is 12.8. The number of nitrogens with one attached hydrogen (secondary N) is 1. The first-order valence-electron chi connectivity index (χ1n) is 9.37. The standard InChI is InChI=1S/C23H18BrN3O3/c1-2-29-20-12-11-17(24)14-19(20)21(28)25-18-10-6-9-16(13-18)23-27-26-22(30-23)15-7-4-3-5-8-15/h3-14H,2H2,1H3,(H,25,28). The predicted molar refractivity (Wildman–Crippen MR) is 118 cm³/mol. The van der Waals surface area contributed by atoms with Gasteiger partial charge in [0.25, 0.3) is 5.91 Å². The van der Waals surface area contributed by atoms with Crippen molar-refractivity contribution < 1.29 is 13.9 Å². The molecule has 150 valence electrons. The van der Waals surface area contributed by atoms with Crippen LogP contribution in [0.5, 0.6) is 5.75 Å². The number of halogens is 1. The molecule has 0 unspecified atom stereocenters. The molecule has 4 aromatic rings. The van der Waals surface area contributed by atoms with Crippen LogP contribution < -0.4 is 10.1 Å². The van der Waals surface area contributed by atoms with Gasteiger partial charge in [-0.3, -0.25) is 4.79 Å². The first kappa shape index (κ1) is 19.8. The van der Waals surface area contributed by atoms with Crippen molar-refractivity contribution in [2.24, 2.45) is 0 Å². The van der Waals surface area contributed by atoms with Crippen LogP contribution in [0.2, 0.25) is 0 Å². The Kier molecular flexibility index (Phi) is 5.90. The maximum atomic E-state index is 12.8. The zero-order valence-electron chi connectivity index (χ0n) is 16.1. The zero-order chi connectivity index (χ0) is 20.9. The molecule has 0 aliphatic rings. The molecule has 0 bridgehead atoms. The monoisotopic (exact) mass is 463 g/mol. The number of aromatic nitrogens is 2. The summed E-state index contributed by atoms with van der Waals surface area (Å²) in [7, 11) is 0. The maximum Gasteiger partial charge on any atom is 0.259 e. The molecule has 4 rings (SSSR count). The smallest absolute Gasteiger partial charge is 0.259 e. The summed E-state index contributed by atoms with van der Waals surface area (Å²) in [5.41, 5.74) is 2.61. The first-order chi connectivity index (χ1) is 14.6. The van der Waals surface area contributed by atoms with Crippen LogP contribution in [0.4, 0.5) is 5.69 Å². The molecule has 6 nitrogen and oxygen atoms in total. The highest BCUT2D eigenvalue weighted by atomic mass is 79.9. The Balaban J connectivity index is 1.57. The van der Waals surface area contributed by atoms with Gasteiger partial charge in [-0.15, -0.1) is 10.2 Å². The lowest BCUT2D eigenvalue weighted by atomic mass is 10.1. The summed E-state index contributed by atoms with van der Waals surface area (Å²) in [6.07, 6.45) is 0. The van der Waals surface area contributed by atoms with Gasteiger partial charge in [0, 0.05) is 21.3 Å². The van der Waals surface area contributed by atoms with Gasteiger partial charge in [-0.25, -0.2) is 0 Å². The average Bonchev–Trinajstić information content (AvgIpc) is 3.26. The van der Waals surface area contributed by atoms with Crippen LogP contribution in [-0.4, -0.2) is 22.7 Å². The number of hydrogen-bond acceptors (Lipinski definition) is 5. The predicted octanol–water partition coefficient (Wildman–Crippen LogP) is 5.82. The van der Waals surface area contributed by atoms with E-state index in [9.17, 15) is 4.79 Å². The Morgan fingerprint density at radius 3 is 2.47 bits per heavy atom. The van der Waals surface area contributed by atoms with Crippen molar-refractivity contribution in [2.45, 2.75) is 6.92 Å². The second kappa shape index (κ2) is 8.92. The Labute approximate surface area is 182 Å². The second-order valence-corrected chi connectivity index (χ2v) is 7.30. The molecule has 7 heteroatoms. The number of carbonyl (C=O) groups excluding carboxylic acids is 1. The van der Waals surface area contributed by atoms with Crippen molar-refractivity contribution in [1.82, 2.24) is 10.2 Å². The fraction of sp³-hybridized carbons (Fsp3) is 0.0870. The summed E-state index contributed by atoms with van der Waals surface area (Å²) in [6.45, 7) is 2.35. The van der Waals surface area contributed by atoms with E-state index in [1.54, 1.807) is 24.3 Å². The summed E-state index contributed by atoms with van der Waals surface area (Å²) in [6, 6.07) is 22.1. The molecular formula is C23H18BrN3O3. The van der Waals surface area contributed by atoms with E-state index in [4.69, 9.17) is 9.15 Å². The summed E-state index contributed by atoms with van der Waals surface area (Å²) in [4.78, 5) is 12.8. The van der Waals surface area contributed by atoms with Gasteiger partial charge in [0.1, 0.15) is 5.75 Å². The topological polar surface area (TPSA) is 77.2 Å². The molecule has 0 aliphatic heterocycles. The van der Waals surface area contributed by atoms with E-state index in [0.29, 0.717) is 41.0 Å². The van der Waals surface area contributed by atoms with Crippen molar-refractivity contribution in [3.63, 3.8) is 0 Å². The molecule has 3 aromatic carbocycles. The molecule has 0 saturated heterocycles. The fourth-order valence-electron chi connectivity index (χ4n) is 2.93. The van der Waals surface area contributed by atoms with Gasteiger partial charge in [-0.2, -0.15) is 0 Å². The molecule has 0 radical (unpaired) electrons. The van der Waals surface area contributed by atoms with Gasteiger partial charge >= 0.3 is 0 Å². The molecule has 1 aromatic heterocycles. The van der Waals surface area contributed by atoms with Crippen LogP contribution in [0.25, 0.3) is 22.9 Å². The third kappa shape index (κ3) is 4.41. The van der Waals surface area contributed by atoms with E-state index in [-0.39, 0.29) is 5.91 Å². The normalized spacial score (nSPS) is 10.6. The van der Waals surface area contributed by atoms with Crippen LogP contribution in [0.15, 0.2) is 81.7 Å². The van der Waals surface area contributed by atoms with Gasteiger partial charge in [0.2, 0.25) is 11.8 Å². The van der Waals surface area contributed by atoms with Crippen LogP contribution in [0.1, 0.15) is 17.3 Å². The van der Waals surface area contributed by atoms with E-state index in [1.165, 1.54) is 0 Å². The number of anilines is 1. The fourth-order valence-corrected chi connectivity index (χ4v) is 3.29. The zero-order valence-corrected chi connectivity index (χ0v) is 17.7. The number of nitrogens with zero attached hydrogens (tertiary/aromatic N) is 2. The molecular weight excluding hydrogens is 446 g/mol. The highest BCUT2D eigenvalue weighted by Gasteiger charge is 2.15. The highest BCUT2D eigenvalue weighted by Crippen LogP contribution is 2.27. The lowest BCUT2D eigenvalue weighted by Crippen LogP contribution is -2.13. The quantitative estimate of drug-likeness (QED) is 0.389. The summed E-state index contributed by atoms with van der Waals surface area (Å²) in [5, 5.41) is 11.2. The lowest BCUT2D eigenvalue weighted by molar-refractivity contribution is 0.102. The lowest BCUT2D eigenvalue weighted by Gasteiger charge is -2.11. The first-order valence-corrected chi connectivity index (χ1v) is 10.2. The Hall–Kier alpha value is -3.45. The minimum atomic E-state index is -0.271. The van der Waals surface area contributed by atoms with E-state index in [1.807, 2.05) is 55.5 Å². The average molecular weight is 464 g/mol. The van der Waals surface area contributed by atoms with Crippen molar-refractivity contribution in [1.29, 1.82) is 0 Å². The van der Waals surface area contributed by atoms with Crippen LogP contribution in [0.3, 0.4) is 0 Å². The van der Waals surface area contributed by atoms with Gasteiger partial charge in [0.05, 0.1) is 12.2 Å². The van der Waals surface area contributed by atoms with E-state index in [0.717, 1.165) is 10.0 Å². The number of amides is 1. The molecule has 1 N–H and O–H groups in total. The van der Waals surface area contributed by atoms with Gasteiger partial charge in [-0.1, -0.05) is 40.2 Å². The Bertz CT molecular complexity index is 1180. The number of carbonyl (C=O) groups is 1. The molecule has 30 heavy (non-hydrogen) atoms. The van der Waals surface area contributed by atoms with Crippen molar-refractivity contribution in [3.05, 3.63) is 82.8 Å². The number of benzene rings is 3. The minimum absolute atomic E-state index is 0.271. The number of hydrogen-bond donors (Lipinski definition) is 1. The molecule has 0 aliphatic carbocycles. The second-order valence-electron chi connectivity index (χ2n) is 6.39. The summed E-state index contributed by atoms with van der Waals surface area (Å²) in [5.74, 6) is 1.07. The highest BCUT2D eigenvalue weighted by molar-refractivity contribution is 9.10. The van der Waals surface area contributed by atoms with Gasteiger partial charge in [0.15, 0.2) is 0 Å². The van der Waals surface area contributed by atoms with Crippen molar-refractivity contribution >= 4 is 27.5 Å². The Morgan fingerprint density at radius 2 is 1.70 bits per heavy atom. The molecule has 1 heterocycles. The van der Waals surface area contributed by atoms with Crippen molar-refractivity contribution in [3.8, 4) is 28.7 Å². The SMILES string of the molecule is CCOc1ccc(Br)cc1C(=O)Nc1cccc(-c2nnc(-c3ccccc3)o2)c1. The minimum Gasteiger partial charge on any atom is -0.493 e.